The van der Waals surface area contributed by atoms with Gasteiger partial charge in [-0.3, -0.25) is 0 Å². The van der Waals surface area contributed by atoms with Gasteiger partial charge in [-0.05, 0) is 38.0 Å². The number of nitriles is 1. The van der Waals surface area contributed by atoms with Gasteiger partial charge in [0.1, 0.15) is 17.6 Å². The van der Waals surface area contributed by atoms with Crippen LogP contribution in [0, 0.1) is 11.3 Å². The monoisotopic (exact) mass is 256 g/mol. The minimum atomic E-state index is -1.16. The lowest BCUT2D eigenvalue weighted by molar-refractivity contribution is 0.278. The fourth-order valence-corrected chi connectivity index (χ4v) is 2.09. The molecule has 1 saturated carbocycles. The molecule has 1 atom stereocenters. The third kappa shape index (κ3) is 2.10. The maximum absolute atomic E-state index is 13.9. The number of nitrogens with one attached hydrogen (secondary N) is 1. The number of rotatable bonds is 3. The van der Waals surface area contributed by atoms with Crippen LogP contribution in [0.3, 0.4) is 0 Å². The van der Waals surface area contributed by atoms with Crippen molar-refractivity contribution in [3.05, 3.63) is 30.0 Å². The number of hydrogen-bond donors (Lipinski definition) is 1. The highest BCUT2D eigenvalue weighted by Gasteiger charge is 2.48. The molecular formula is C14H13FN4. The average molecular weight is 256 g/mol. The van der Waals surface area contributed by atoms with Gasteiger partial charge in [-0.25, -0.2) is 14.4 Å². The van der Waals surface area contributed by atoms with Gasteiger partial charge in [-0.2, -0.15) is 5.26 Å². The van der Waals surface area contributed by atoms with Gasteiger partial charge in [0.2, 0.25) is 0 Å². The van der Waals surface area contributed by atoms with E-state index in [1.165, 1.54) is 0 Å². The molecule has 0 amide bonds. The summed E-state index contributed by atoms with van der Waals surface area (Å²) in [6, 6.07) is 7.10. The summed E-state index contributed by atoms with van der Waals surface area (Å²) in [5.41, 5.74) is -0.190. The molecule has 0 radical (unpaired) electrons. The highest BCUT2D eigenvalue weighted by Crippen LogP contribution is 2.43. The van der Waals surface area contributed by atoms with Gasteiger partial charge in [-0.15, -0.1) is 0 Å². The van der Waals surface area contributed by atoms with Crippen molar-refractivity contribution >= 4 is 16.9 Å². The van der Waals surface area contributed by atoms with Gasteiger partial charge in [0.15, 0.2) is 5.65 Å². The van der Waals surface area contributed by atoms with Crippen molar-refractivity contribution in [1.82, 2.24) is 9.97 Å². The fraction of sp³-hybridized carbons (Fsp3) is 0.357. The van der Waals surface area contributed by atoms with Crippen LogP contribution in [-0.4, -0.2) is 21.7 Å². The first-order chi connectivity index (χ1) is 9.12. The molecule has 0 aromatic carbocycles. The molecule has 2 aromatic rings. The van der Waals surface area contributed by atoms with Crippen LogP contribution in [0.2, 0.25) is 0 Å². The van der Waals surface area contributed by atoms with Crippen LogP contribution in [0.1, 0.15) is 25.3 Å². The number of hydrogen-bond acceptors (Lipinski definition) is 4. The Kier molecular flexibility index (Phi) is 2.59. The third-order valence-electron chi connectivity index (χ3n) is 3.57. The predicted octanol–water partition coefficient (Wildman–Crippen LogP) is 2.80. The van der Waals surface area contributed by atoms with Crippen LogP contribution >= 0.6 is 0 Å². The van der Waals surface area contributed by atoms with E-state index in [1.807, 2.05) is 6.07 Å². The number of anilines is 1. The molecule has 2 heterocycles. The first kappa shape index (κ1) is 11.8. The summed E-state index contributed by atoms with van der Waals surface area (Å²) in [6.45, 7) is 1.78. The normalized spacial score (nSPS) is 17.7. The van der Waals surface area contributed by atoms with Crippen molar-refractivity contribution in [1.29, 1.82) is 5.26 Å². The van der Waals surface area contributed by atoms with Gasteiger partial charge in [-0.1, -0.05) is 0 Å². The van der Waals surface area contributed by atoms with Crippen molar-refractivity contribution in [3.8, 4) is 6.07 Å². The van der Waals surface area contributed by atoms with E-state index >= 15 is 0 Å². The lowest BCUT2D eigenvalue weighted by atomic mass is 10.1. The highest BCUT2D eigenvalue weighted by molar-refractivity contribution is 5.79. The zero-order valence-corrected chi connectivity index (χ0v) is 10.5. The Morgan fingerprint density at radius 1 is 1.53 bits per heavy atom. The molecule has 0 spiro atoms. The molecule has 4 nitrogen and oxygen atoms in total. The Labute approximate surface area is 110 Å². The van der Waals surface area contributed by atoms with Gasteiger partial charge < -0.3 is 5.32 Å². The molecule has 19 heavy (non-hydrogen) atoms. The summed E-state index contributed by atoms with van der Waals surface area (Å²) >= 11 is 0. The molecule has 0 saturated heterocycles. The van der Waals surface area contributed by atoms with E-state index in [1.54, 1.807) is 25.3 Å². The number of fused-ring (bicyclic) bond motifs is 1. The molecule has 1 fully saturated rings. The molecule has 1 aliphatic carbocycles. The minimum absolute atomic E-state index is 0.353. The van der Waals surface area contributed by atoms with E-state index in [-0.39, 0.29) is 6.04 Å². The number of pyridine rings is 2. The van der Waals surface area contributed by atoms with Crippen LogP contribution in [0.25, 0.3) is 11.0 Å². The molecule has 5 heteroatoms. The van der Waals surface area contributed by atoms with Gasteiger partial charge in [0.25, 0.3) is 0 Å². The molecule has 96 valence electrons. The van der Waals surface area contributed by atoms with Gasteiger partial charge in [0, 0.05) is 11.6 Å². The smallest absolute Gasteiger partial charge is 0.161 e. The molecule has 1 N–H and O–H groups in total. The van der Waals surface area contributed by atoms with Gasteiger partial charge in [0.05, 0.1) is 11.6 Å². The van der Waals surface area contributed by atoms with Crippen molar-refractivity contribution in [2.75, 3.05) is 5.32 Å². The van der Waals surface area contributed by atoms with E-state index in [0.29, 0.717) is 29.9 Å². The third-order valence-corrected chi connectivity index (χ3v) is 3.57. The lowest BCUT2D eigenvalue weighted by Gasteiger charge is -2.18. The Balaban J connectivity index is 2.00. The summed E-state index contributed by atoms with van der Waals surface area (Å²) in [7, 11) is 0. The Hall–Kier alpha value is -2.22. The summed E-state index contributed by atoms with van der Waals surface area (Å²) in [5, 5.41) is 13.0. The van der Waals surface area contributed by atoms with Gasteiger partial charge >= 0.3 is 0 Å². The van der Waals surface area contributed by atoms with E-state index in [0.717, 1.165) is 5.39 Å². The number of halogens is 1. The first-order valence-corrected chi connectivity index (χ1v) is 6.24. The highest BCUT2D eigenvalue weighted by atomic mass is 19.1. The fourth-order valence-electron chi connectivity index (χ4n) is 2.09. The van der Waals surface area contributed by atoms with Crippen molar-refractivity contribution in [2.24, 2.45) is 0 Å². The quantitative estimate of drug-likeness (QED) is 0.917. The number of aromatic nitrogens is 2. The van der Waals surface area contributed by atoms with Crippen LogP contribution in [0.15, 0.2) is 24.4 Å². The van der Waals surface area contributed by atoms with Crippen molar-refractivity contribution in [3.63, 3.8) is 0 Å². The summed E-state index contributed by atoms with van der Waals surface area (Å²) in [5.74, 6) is 0.408. The Morgan fingerprint density at radius 2 is 2.32 bits per heavy atom. The topological polar surface area (TPSA) is 61.6 Å². The number of nitrogens with zero attached hydrogens (tertiary/aromatic N) is 3. The second kappa shape index (κ2) is 4.16. The second-order valence-electron chi connectivity index (χ2n) is 4.95. The lowest BCUT2D eigenvalue weighted by Crippen LogP contribution is -2.29. The maximum atomic E-state index is 13.9. The van der Waals surface area contributed by atoms with Crippen molar-refractivity contribution < 1.29 is 4.39 Å². The van der Waals surface area contributed by atoms with Crippen LogP contribution in [-0.2, 0) is 0 Å². The zero-order valence-electron chi connectivity index (χ0n) is 10.5. The van der Waals surface area contributed by atoms with Crippen LogP contribution in [0.4, 0.5) is 10.2 Å². The summed E-state index contributed by atoms with van der Waals surface area (Å²) in [4.78, 5) is 8.46. The van der Waals surface area contributed by atoms with Crippen LogP contribution < -0.4 is 5.32 Å². The maximum Gasteiger partial charge on any atom is 0.161 e. The second-order valence-corrected chi connectivity index (χ2v) is 4.95. The predicted molar refractivity (Wildman–Crippen MR) is 70.4 cm³/mol. The Bertz CT molecular complexity index is 673. The molecule has 3 rings (SSSR count). The SMILES string of the molecule is CC(Nc1nc2ncccc2cc1C#N)C1(F)CC1. The van der Waals surface area contributed by atoms with Crippen LogP contribution in [0.5, 0.6) is 0 Å². The Morgan fingerprint density at radius 3 is 3.00 bits per heavy atom. The standard InChI is InChI=1S/C14H13FN4/c1-9(14(15)4-5-14)18-13-11(8-16)7-10-3-2-6-17-12(10)19-13/h2-3,6-7,9H,4-5H2,1H3,(H,17,18,19). The van der Waals surface area contributed by atoms with E-state index in [9.17, 15) is 4.39 Å². The van der Waals surface area contributed by atoms with E-state index in [4.69, 9.17) is 5.26 Å². The van der Waals surface area contributed by atoms with Crippen molar-refractivity contribution in [2.45, 2.75) is 31.5 Å². The largest absolute Gasteiger partial charge is 0.363 e. The zero-order chi connectivity index (χ0) is 13.5. The summed E-state index contributed by atoms with van der Waals surface area (Å²) in [6.07, 6.45) is 2.77. The molecule has 0 bridgehead atoms. The molecule has 2 aromatic heterocycles. The average Bonchev–Trinajstić information content (AvgIpc) is 3.17. The molecule has 1 unspecified atom stereocenters. The molecule has 1 aliphatic rings. The minimum Gasteiger partial charge on any atom is -0.363 e. The summed E-state index contributed by atoms with van der Waals surface area (Å²) < 4.78 is 13.9. The van der Waals surface area contributed by atoms with E-state index < -0.39 is 5.67 Å². The molecule has 0 aliphatic heterocycles. The molecular weight excluding hydrogens is 243 g/mol. The first-order valence-electron chi connectivity index (χ1n) is 6.24. The van der Waals surface area contributed by atoms with E-state index in [2.05, 4.69) is 21.4 Å². The number of alkyl halides is 1.